The summed E-state index contributed by atoms with van der Waals surface area (Å²) in [5.74, 6) is 10.0. The molecule has 6 bridgehead atoms. The van der Waals surface area contributed by atoms with Gasteiger partial charge in [0.05, 0.1) is 18.3 Å². The minimum Gasteiger partial charge on any atom is -0.308 e. The zero-order valence-electron chi connectivity index (χ0n) is 43.8. The highest BCUT2D eigenvalue weighted by Crippen LogP contribution is 2.78. The SMILES string of the molecule is C[C@@H]1C[C@]23CC[C@H]4C(C)(C)CCC(OP(OC5CCC(C)(C)[C@@H]6CC[C@]78C[C@H](CC[C@H]7[C@@]56C)[C@H](C)C8)OC5CCC(C)(C)[C@@H]6CC[C@]78C[C@H](CC[C@H]7[C@@]56C)[C@H](C)C8)[C@]4(C)[C@@H]2CC[C@H]1C3. The Hall–Kier alpha value is 0.310. The minimum absolute atomic E-state index is 0.171. The van der Waals surface area contributed by atoms with Gasteiger partial charge in [0, 0.05) is 16.2 Å². The van der Waals surface area contributed by atoms with Crippen LogP contribution in [-0.4, -0.2) is 18.3 Å². The van der Waals surface area contributed by atoms with E-state index >= 15 is 0 Å². The van der Waals surface area contributed by atoms with Gasteiger partial charge in [-0.1, -0.05) is 83.1 Å². The molecule has 0 N–H and O–H groups in total. The first kappa shape index (κ1) is 45.4. The second-order valence-electron chi connectivity index (χ2n) is 30.9. The van der Waals surface area contributed by atoms with Gasteiger partial charge < -0.3 is 13.6 Å². The molecular formula is C60H99O3P. The van der Waals surface area contributed by atoms with Crippen LogP contribution in [0.4, 0.5) is 0 Å². The van der Waals surface area contributed by atoms with E-state index in [-0.39, 0.29) is 34.6 Å². The first-order valence-corrected chi connectivity index (χ1v) is 30.0. The molecule has 0 saturated heterocycles. The average molecular weight is 899 g/mol. The molecule has 3 spiro atoms. The molecule has 0 aromatic rings. The zero-order valence-corrected chi connectivity index (χ0v) is 44.7. The van der Waals surface area contributed by atoms with Crippen LogP contribution < -0.4 is 0 Å². The molecular weight excluding hydrogens is 800 g/mol. The van der Waals surface area contributed by atoms with Crippen LogP contribution in [0.1, 0.15) is 237 Å². The van der Waals surface area contributed by atoms with E-state index in [0.29, 0.717) is 50.2 Å². The van der Waals surface area contributed by atoms with Crippen LogP contribution in [0.25, 0.3) is 0 Å². The summed E-state index contributed by atoms with van der Waals surface area (Å²) in [7, 11) is -1.55. The van der Waals surface area contributed by atoms with Crippen LogP contribution in [0.2, 0.25) is 0 Å². The van der Waals surface area contributed by atoms with Crippen LogP contribution in [0.3, 0.4) is 0 Å². The Morgan fingerprint density at radius 2 is 0.594 bits per heavy atom. The summed E-state index contributed by atoms with van der Waals surface area (Å²) in [6.07, 6.45) is 34.2. The Morgan fingerprint density at radius 1 is 0.312 bits per heavy atom. The van der Waals surface area contributed by atoms with Crippen molar-refractivity contribution in [2.75, 3.05) is 0 Å². The molecule has 0 aromatic carbocycles. The van der Waals surface area contributed by atoms with Crippen molar-refractivity contribution in [1.29, 1.82) is 0 Å². The quantitative estimate of drug-likeness (QED) is 0.249. The maximum atomic E-state index is 8.24. The molecule has 21 atom stereocenters. The summed E-state index contributed by atoms with van der Waals surface area (Å²) in [5.41, 5.74) is 3.16. The summed E-state index contributed by atoms with van der Waals surface area (Å²) < 4.78 is 24.7. The third kappa shape index (κ3) is 6.14. The fourth-order valence-electron chi connectivity index (χ4n) is 24.8. The van der Waals surface area contributed by atoms with E-state index in [1.165, 1.54) is 154 Å². The van der Waals surface area contributed by atoms with E-state index in [4.69, 9.17) is 13.6 Å². The lowest BCUT2D eigenvalue weighted by Gasteiger charge is -2.67. The number of rotatable bonds is 6. The molecule has 0 aromatic heterocycles. The molecule has 12 saturated carbocycles. The van der Waals surface area contributed by atoms with Crippen LogP contribution in [0, 0.1) is 120 Å². The molecule has 12 aliphatic rings. The second kappa shape index (κ2) is 14.7. The van der Waals surface area contributed by atoms with Gasteiger partial charge in [0.15, 0.2) is 0 Å². The molecule has 12 fully saturated rings. The molecule has 362 valence electrons. The van der Waals surface area contributed by atoms with Crippen LogP contribution in [0.15, 0.2) is 0 Å². The smallest absolute Gasteiger partial charge is 0.308 e. The third-order valence-electron chi connectivity index (χ3n) is 27.3. The highest BCUT2D eigenvalue weighted by Gasteiger charge is 2.71. The van der Waals surface area contributed by atoms with Gasteiger partial charge in [-0.25, -0.2) is 0 Å². The Kier molecular flexibility index (Phi) is 10.4. The first-order valence-electron chi connectivity index (χ1n) is 28.9. The number of fused-ring (bicyclic) bond motifs is 9. The summed E-state index contributed by atoms with van der Waals surface area (Å²) >= 11 is 0. The van der Waals surface area contributed by atoms with E-state index < -0.39 is 8.60 Å². The molecule has 12 rings (SSSR count). The lowest BCUT2D eigenvalue weighted by Crippen LogP contribution is -2.63. The van der Waals surface area contributed by atoms with Gasteiger partial charge in [-0.3, -0.25) is 0 Å². The normalized spacial score (nSPS) is 58.8. The van der Waals surface area contributed by atoms with Crippen molar-refractivity contribution < 1.29 is 13.6 Å². The van der Waals surface area contributed by atoms with Gasteiger partial charge in [-0.15, -0.1) is 0 Å². The highest BCUT2D eigenvalue weighted by atomic mass is 31.2. The van der Waals surface area contributed by atoms with Crippen LogP contribution in [-0.2, 0) is 13.6 Å². The number of hydrogen-bond acceptors (Lipinski definition) is 3. The highest BCUT2D eigenvalue weighted by molar-refractivity contribution is 7.41. The van der Waals surface area contributed by atoms with Gasteiger partial charge in [-0.2, -0.15) is 0 Å². The van der Waals surface area contributed by atoms with Gasteiger partial charge >= 0.3 is 8.60 Å². The molecule has 3 nitrogen and oxygen atoms in total. The molecule has 0 aliphatic heterocycles. The van der Waals surface area contributed by atoms with Crippen molar-refractivity contribution >= 4 is 8.60 Å². The molecule has 0 heterocycles. The van der Waals surface area contributed by atoms with E-state index in [2.05, 4.69) is 83.1 Å². The van der Waals surface area contributed by atoms with E-state index in [9.17, 15) is 0 Å². The van der Waals surface area contributed by atoms with Crippen molar-refractivity contribution in [3.05, 3.63) is 0 Å². The Morgan fingerprint density at radius 3 is 0.875 bits per heavy atom. The van der Waals surface area contributed by atoms with Crippen LogP contribution in [0.5, 0.6) is 0 Å². The van der Waals surface area contributed by atoms with E-state index in [1.54, 1.807) is 0 Å². The third-order valence-corrected chi connectivity index (χ3v) is 28.6. The molecule has 3 unspecified atom stereocenters. The second-order valence-corrected chi connectivity index (χ2v) is 32.0. The predicted molar refractivity (Wildman–Crippen MR) is 264 cm³/mol. The molecule has 4 heteroatoms. The Balaban J connectivity index is 0.940. The predicted octanol–water partition coefficient (Wildman–Crippen LogP) is 17.4. The van der Waals surface area contributed by atoms with Gasteiger partial charge in [0.2, 0.25) is 0 Å². The van der Waals surface area contributed by atoms with Gasteiger partial charge in [0.25, 0.3) is 0 Å². The summed E-state index contributed by atoms with van der Waals surface area (Å²) in [4.78, 5) is 0. The molecule has 0 amide bonds. The maximum Gasteiger partial charge on any atom is 0.333 e. The topological polar surface area (TPSA) is 27.7 Å². The summed E-state index contributed by atoms with van der Waals surface area (Å²) in [6.45, 7) is 32.2. The van der Waals surface area contributed by atoms with E-state index in [1.807, 2.05) is 0 Å². The monoisotopic (exact) mass is 899 g/mol. The van der Waals surface area contributed by atoms with Crippen molar-refractivity contribution in [2.45, 2.75) is 255 Å². The summed E-state index contributed by atoms with van der Waals surface area (Å²) in [6, 6.07) is 0. The van der Waals surface area contributed by atoms with Gasteiger partial charge in [-0.05, 0) is 258 Å². The Labute approximate surface area is 395 Å². The fraction of sp³-hybridized carbons (Fsp3) is 1.00. The molecule has 0 radical (unpaired) electrons. The summed E-state index contributed by atoms with van der Waals surface area (Å²) in [5, 5.41) is 0. The zero-order chi connectivity index (χ0) is 44.8. The largest absolute Gasteiger partial charge is 0.333 e. The minimum atomic E-state index is -1.55. The van der Waals surface area contributed by atoms with Crippen molar-refractivity contribution in [3.63, 3.8) is 0 Å². The lowest BCUT2D eigenvalue weighted by atomic mass is 9.40. The van der Waals surface area contributed by atoms with Gasteiger partial charge in [0.1, 0.15) is 0 Å². The van der Waals surface area contributed by atoms with Crippen LogP contribution >= 0.6 is 8.60 Å². The average Bonchev–Trinajstić information content (AvgIpc) is 3.71. The van der Waals surface area contributed by atoms with Crippen molar-refractivity contribution in [3.8, 4) is 0 Å². The first-order chi connectivity index (χ1) is 30.1. The lowest BCUT2D eigenvalue weighted by molar-refractivity contribution is -0.217. The standard InChI is InChI=1S/C60H99O3P/c1-37-31-58-28-19-43-52(4,5)25-22-49(55(43,10)46(58)16-13-40(37)34-58)61-64(62-50-23-26-53(6,7)44-20-29-59-32-38(2)41(35-59)14-17-47(59)56(44,50)11)63-51-24-27-54(8,9)45-21-30-60-33-39(3)42(36-60)15-18-48(60)57(45,51)12/h37-51H,13-36H2,1-12H3/t37-,38-,39-,40+,41+,42+,43+,44+,45+,46+,47+,48+,49?,50?,51?,55+,56+,57+,58+,59+,60+,64?/m1/s1. The van der Waals surface area contributed by atoms with Crippen molar-refractivity contribution in [1.82, 2.24) is 0 Å². The molecule has 12 aliphatic carbocycles. The maximum absolute atomic E-state index is 8.24. The van der Waals surface area contributed by atoms with Crippen molar-refractivity contribution in [2.24, 2.45) is 120 Å². The number of hydrogen-bond donors (Lipinski definition) is 0. The molecule has 64 heavy (non-hydrogen) atoms. The van der Waals surface area contributed by atoms with E-state index in [0.717, 1.165) is 53.3 Å². The Bertz CT molecular complexity index is 1610. The fourth-order valence-corrected chi connectivity index (χ4v) is 26.6.